The van der Waals surface area contributed by atoms with Crippen LogP contribution in [-0.4, -0.2) is 21.4 Å². The molecule has 1 saturated carbocycles. The molecule has 0 bridgehead atoms. The fourth-order valence-electron chi connectivity index (χ4n) is 3.05. The van der Waals surface area contributed by atoms with Gasteiger partial charge in [0.2, 0.25) is 6.20 Å². The van der Waals surface area contributed by atoms with Crippen LogP contribution in [0.25, 0.3) is 0 Å². The molecule has 1 aliphatic carbocycles. The number of Topliss-reactive ketones (excluding diaryl/α,β-unsaturated/α-hetero) is 1. The van der Waals surface area contributed by atoms with Crippen molar-refractivity contribution in [2.45, 2.75) is 70.8 Å². The molecule has 0 radical (unpaired) electrons. The second-order valence-electron chi connectivity index (χ2n) is 5.74. The quantitative estimate of drug-likeness (QED) is 0.442. The van der Waals surface area contributed by atoms with Crippen LogP contribution in [0.3, 0.4) is 0 Å². The van der Waals surface area contributed by atoms with E-state index < -0.39 is 16.4 Å². The van der Waals surface area contributed by atoms with Crippen LogP contribution in [0.15, 0.2) is 11.8 Å². The molecule has 0 amide bonds. The van der Waals surface area contributed by atoms with Gasteiger partial charge in [0.05, 0.1) is 10.8 Å². The average molecular weight is 283 g/mol. The van der Waals surface area contributed by atoms with Crippen molar-refractivity contribution in [3.8, 4) is 0 Å². The normalized spacial score (nSPS) is 23.4. The molecular formula is C15H25NO4. The zero-order valence-electron chi connectivity index (χ0n) is 12.4. The summed E-state index contributed by atoms with van der Waals surface area (Å²) in [5, 5.41) is 21.6. The Morgan fingerprint density at radius 3 is 2.75 bits per heavy atom. The summed E-state index contributed by atoms with van der Waals surface area (Å²) in [5.41, 5.74) is -1.04. The van der Waals surface area contributed by atoms with E-state index in [0.29, 0.717) is 24.8 Å². The minimum Gasteiger partial charge on any atom is -0.385 e. The third-order valence-corrected chi connectivity index (χ3v) is 4.27. The standard InChI is InChI=1S/C15H25NO4/c1-3-4-7-10-15(18,12(2)11-16(19)20)13-8-5-6-9-14(13)17/h11,13,18H,3-10H2,1-2H3/b12-11+. The van der Waals surface area contributed by atoms with Crippen LogP contribution < -0.4 is 0 Å². The third-order valence-electron chi connectivity index (χ3n) is 4.27. The molecule has 5 heteroatoms. The Balaban J connectivity index is 2.98. The highest BCUT2D eigenvalue weighted by Gasteiger charge is 2.43. The van der Waals surface area contributed by atoms with Crippen LogP contribution in [0.4, 0.5) is 0 Å². The maximum Gasteiger partial charge on any atom is 0.236 e. The Bertz CT molecular complexity index is 391. The summed E-state index contributed by atoms with van der Waals surface area (Å²) in [6.07, 6.45) is 6.88. The highest BCUT2D eigenvalue weighted by Crippen LogP contribution is 2.38. The number of hydrogen-bond acceptors (Lipinski definition) is 4. The molecule has 1 aliphatic rings. The molecule has 2 unspecified atom stereocenters. The van der Waals surface area contributed by atoms with E-state index in [9.17, 15) is 20.0 Å². The van der Waals surface area contributed by atoms with Crippen molar-refractivity contribution in [2.75, 3.05) is 0 Å². The maximum atomic E-state index is 12.1. The van der Waals surface area contributed by atoms with Crippen molar-refractivity contribution in [2.24, 2.45) is 5.92 Å². The molecule has 1 rings (SSSR count). The number of nitrogens with zero attached hydrogens (tertiary/aromatic N) is 1. The van der Waals surface area contributed by atoms with E-state index in [-0.39, 0.29) is 5.78 Å². The molecule has 2 atom stereocenters. The van der Waals surface area contributed by atoms with Gasteiger partial charge in [0, 0.05) is 12.0 Å². The van der Waals surface area contributed by atoms with E-state index in [4.69, 9.17) is 0 Å². The predicted octanol–water partition coefficient (Wildman–Crippen LogP) is 3.24. The number of ketones is 1. The first kappa shape index (κ1) is 16.8. The number of unbranched alkanes of at least 4 members (excludes halogenated alkanes) is 2. The van der Waals surface area contributed by atoms with Crippen molar-refractivity contribution >= 4 is 5.78 Å². The van der Waals surface area contributed by atoms with Gasteiger partial charge in [-0.3, -0.25) is 14.9 Å². The van der Waals surface area contributed by atoms with E-state index >= 15 is 0 Å². The lowest BCUT2D eigenvalue weighted by Crippen LogP contribution is -2.45. The van der Waals surface area contributed by atoms with Crippen LogP contribution in [-0.2, 0) is 4.79 Å². The Hall–Kier alpha value is -1.23. The lowest BCUT2D eigenvalue weighted by atomic mass is 9.70. The fraction of sp³-hybridized carbons (Fsp3) is 0.800. The monoisotopic (exact) mass is 283 g/mol. The number of nitro groups is 1. The summed E-state index contributed by atoms with van der Waals surface area (Å²) in [6, 6.07) is 0. The van der Waals surface area contributed by atoms with Gasteiger partial charge in [0.25, 0.3) is 0 Å². The van der Waals surface area contributed by atoms with Crippen LogP contribution in [0.2, 0.25) is 0 Å². The molecule has 0 aliphatic heterocycles. The molecule has 0 aromatic heterocycles. The van der Waals surface area contributed by atoms with E-state index in [0.717, 1.165) is 38.3 Å². The first-order valence-electron chi connectivity index (χ1n) is 7.49. The van der Waals surface area contributed by atoms with Crippen LogP contribution in [0.1, 0.15) is 65.2 Å². The maximum absolute atomic E-state index is 12.1. The molecule has 114 valence electrons. The van der Waals surface area contributed by atoms with Crippen molar-refractivity contribution < 1.29 is 14.8 Å². The van der Waals surface area contributed by atoms with Gasteiger partial charge in [-0.15, -0.1) is 0 Å². The average Bonchev–Trinajstić information content (AvgIpc) is 2.38. The molecule has 0 saturated heterocycles. The third kappa shape index (κ3) is 4.13. The first-order chi connectivity index (χ1) is 9.41. The topological polar surface area (TPSA) is 80.4 Å². The fourth-order valence-corrected chi connectivity index (χ4v) is 3.05. The summed E-state index contributed by atoms with van der Waals surface area (Å²) in [5.74, 6) is -0.435. The number of rotatable bonds is 7. The van der Waals surface area contributed by atoms with E-state index in [1.54, 1.807) is 6.92 Å². The van der Waals surface area contributed by atoms with Gasteiger partial charge in [-0.2, -0.15) is 0 Å². The minimum absolute atomic E-state index is 0.0475. The van der Waals surface area contributed by atoms with Crippen LogP contribution in [0.5, 0.6) is 0 Å². The zero-order chi connectivity index (χ0) is 15.2. The molecular weight excluding hydrogens is 258 g/mol. The summed E-state index contributed by atoms with van der Waals surface area (Å²) < 4.78 is 0. The lowest BCUT2D eigenvalue weighted by molar-refractivity contribution is -0.404. The second-order valence-corrected chi connectivity index (χ2v) is 5.74. The predicted molar refractivity (Wildman–Crippen MR) is 76.8 cm³/mol. The lowest BCUT2D eigenvalue weighted by Gasteiger charge is -2.37. The zero-order valence-corrected chi connectivity index (χ0v) is 12.4. The van der Waals surface area contributed by atoms with E-state index in [2.05, 4.69) is 6.92 Å². The molecule has 0 heterocycles. The summed E-state index contributed by atoms with van der Waals surface area (Å²) in [6.45, 7) is 3.63. The number of hydrogen-bond donors (Lipinski definition) is 1. The Labute approximate surface area is 120 Å². The minimum atomic E-state index is -1.35. The highest BCUT2D eigenvalue weighted by atomic mass is 16.6. The first-order valence-corrected chi connectivity index (χ1v) is 7.49. The van der Waals surface area contributed by atoms with Gasteiger partial charge >= 0.3 is 0 Å². The Morgan fingerprint density at radius 1 is 1.50 bits per heavy atom. The Morgan fingerprint density at radius 2 is 2.20 bits per heavy atom. The van der Waals surface area contributed by atoms with Gasteiger partial charge in [0.15, 0.2) is 0 Å². The molecule has 0 spiro atoms. The van der Waals surface area contributed by atoms with Crippen molar-refractivity contribution in [1.29, 1.82) is 0 Å². The van der Waals surface area contributed by atoms with Gasteiger partial charge in [-0.25, -0.2) is 0 Å². The SMILES string of the molecule is CCCCCC(O)(/C(C)=C/[N+](=O)[O-])C1CCCCC1=O. The van der Waals surface area contributed by atoms with Gasteiger partial charge in [0.1, 0.15) is 11.4 Å². The Kier molecular flexibility index (Phi) is 6.33. The molecule has 1 fully saturated rings. The molecule has 0 aromatic carbocycles. The number of aliphatic hydroxyl groups is 1. The van der Waals surface area contributed by atoms with Gasteiger partial charge < -0.3 is 5.11 Å². The second kappa shape index (κ2) is 7.53. The smallest absolute Gasteiger partial charge is 0.236 e. The summed E-state index contributed by atoms with van der Waals surface area (Å²) in [4.78, 5) is 22.2. The van der Waals surface area contributed by atoms with Crippen LogP contribution >= 0.6 is 0 Å². The summed E-state index contributed by atoms with van der Waals surface area (Å²) in [7, 11) is 0. The molecule has 20 heavy (non-hydrogen) atoms. The molecule has 1 N–H and O–H groups in total. The molecule has 5 nitrogen and oxygen atoms in total. The summed E-state index contributed by atoms with van der Waals surface area (Å²) >= 11 is 0. The highest BCUT2D eigenvalue weighted by molar-refractivity contribution is 5.83. The number of carbonyl (C=O) groups is 1. The van der Waals surface area contributed by atoms with Crippen molar-refractivity contribution in [3.05, 3.63) is 21.9 Å². The van der Waals surface area contributed by atoms with E-state index in [1.165, 1.54) is 0 Å². The van der Waals surface area contributed by atoms with Crippen molar-refractivity contribution in [1.82, 2.24) is 0 Å². The molecule has 0 aromatic rings. The van der Waals surface area contributed by atoms with Gasteiger partial charge in [-0.05, 0) is 26.2 Å². The van der Waals surface area contributed by atoms with Crippen molar-refractivity contribution in [3.63, 3.8) is 0 Å². The largest absolute Gasteiger partial charge is 0.385 e. The van der Waals surface area contributed by atoms with E-state index in [1.807, 2.05) is 0 Å². The number of carbonyl (C=O) groups excluding carboxylic acids is 1. The van der Waals surface area contributed by atoms with Crippen LogP contribution in [0, 0.1) is 16.0 Å². The van der Waals surface area contributed by atoms with Gasteiger partial charge in [-0.1, -0.05) is 32.6 Å².